The maximum absolute atomic E-state index is 13.7. The highest BCUT2D eigenvalue weighted by Crippen LogP contribution is 2.24. The lowest BCUT2D eigenvalue weighted by molar-refractivity contribution is -0.117. The number of carbonyl (C=O) groups is 8. The molecule has 22 nitrogen and oxygen atoms in total. The zero-order chi connectivity index (χ0) is 55.1. The van der Waals surface area contributed by atoms with Gasteiger partial charge in [0, 0.05) is 54.4 Å². The number of hydrogen-bond acceptors (Lipinski definition) is 14. The van der Waals surface area contributed by atoms with Gasteiger partial charge in [-0.2, -0.15) is 0 Å². The molecule has 8 N–H and O–H groups in total. The van der Waals surface area contributed by atoms with E-state index in [-0.39, 0.29) is 100 Å². The molecule has 6 aromatic rings. The highest BCUT2D eigenvalue weighted by molar-refractivity contribution is 6.10. The van der Waals surface area contributed by atoms with Gasteiger partial charge in [-0.05, 0) is 111 Å². The lowest BCUT2D eigenvalue weighted by Crippen LogP contribution is -2.18. The number of nitrogens with one attached hydrogen (secondary N) is 8. The van der Waals surface area contributed by atoms with Gasteiger partial charge in [0.25, 0.3) is 23.6 Å². The molecular weight excluding hydrogens is 989 g/mol. The molecule has 0 fully saturated rings. The van der Waals surface area contributed by atoms with Crippen molar-refractivity contribution in [3.8, 4) is 11.5 Å². The van der Waals surface area contributed by atoms with Gasteiger partial charge >= 0.3 is 0 Å². The van der Waals surface area contributed by atoms with E-state index in [1.165, 1.54) is 85.5 Å². The van der Waals surface area contributed by atoms with Gasteiger partial charge in [-0.3, -0.25) is 38.4 Å². The van der Waals surface area contributed by atoms with E-state index in [1.54, 1.807) is 24.3 Å². The smallest absolute Gasteiger partial charge is 0.256 e. The van der Waals surface area contributed by atoms with Crippen LogP contribution in [0.25, 0.3) is 0 Å². The van der Waals surface area contributed by atoms with Crippen LogP contribution < -0.4 is 52.0 Å². The van der Waals surface area contributed by atoms with Crippen LogP contribution >= 0.6 is 0 Å². The van der Waals surface area contributed by atoms with Crippen LogP contribution in [0.1, 0.15) is 127 Å². The Balaban J connectivity index is 1.16. The Kier molecular flexibility index (Phi) is 21.2. The van der Waals surface area contributed by atoms with E-state index in [1.807, 2.05) is 27.7 Å². The summed E-state index contributed by atoms with van der Waals surface area (Å²) in [5.41, 5.74) is 1.98. The zero-order valence-corrected chi connectivity index (χ0v) is 43.0. The summed E-state index contributed by atoms with van der Waals surface area (Å²) in [6.07, 6.45) is 9.91. The summed E-state index contributed by atoms with van der Waals surface area (Å²) in [7, 11) is 0. The van der Waals surface area contributed by atoms with E-state index in [2.05, 4.69) is 62.5 Å². The topological polar surface area (TPSA) is 303 Å². The number of ether oxygens (including phenoxy) is 2. The molecule has 0 aliphatic rings. The molecule has 0 saturated heterocycles. The van der Waals surface area contributed by atoms with E-state index in [0.29, 0.717) is 74.1 Å². The third kappa shape index (κ3) is 18.4. The second kappa shape index (κ2) is 28.7. The fraction of sp³-hybridized carbons (Fsp3) is 0.273. The van der Waals surface area contributed by atoms with Crippen LogP contribution in [0.2, 0.25) is 0 Å². The van der Waals surface area contributed by atoms with Crippen molar-refractivity contribution in [1.29, 1.82) is 0 Å². The minimum atomic E-state index is -0.621. The molecule has 8 amide bonds. The first-order valence-electron chi connectivity index (χ1n) is 25.0. The van der Waals surface area contributed by atoms with Crippen molar-refractivity contribution < 1.29 is 47.8 Å². The van der Waals surface area contributed by atoms with Crippen LogP contribution in [-0.2, 0) is 19.2 Å². The van der Waals surface area contributed by atoms with E-state index in [0.717, 1.165) is 0 Å². The quantitative estimate of drug-likeness (QED) is 0.0235. The number of anilines is 8. The largest absolute Gasteiger partial charge is 0.493 e. The first-order valence-corrected chi connectivity index (χ1v) is 25.0. The van der Waals surface area contributed by atoms with E-state index < -0.39 is 23.6 Å². The number of pyridine rings is 4. The first-order chi connectivity index (χ1) is 37.2. The average Bonchev–Trinajstić information content (AvgIpc) is 3.41. The molecule has 4 aromatic heterocycles. The van der Waals surface area contributed by atoms with Gasteiger partial charge in [-0.15, -0.1) is 0 Å². The Labute approximate surface area is 444 Å². The number of aromatic nitrogens is 4. The molecule has 6 rings (SSSR count). The second-order valence-corrected chi connectivity index (χ2v) is 17.3. The normalized spacial score (nSPS) is 10.5. The van der Waals surface area contributed by atoms with Crippen molar-refractivity contribution in [3.05, 3.63) is 132 Å². The lowest BCUT2D eigenvalue weighted by Gasteiger charge is -2.14. The van der Waals surface area contributed by atoms with Crippen molar-refractivity contribution in [1.82, 2.24) is 19.9 Å². The molecule has 400 valence electrons. The molecule has 0 saturated carbocycles. The molecule has 0 aliphatic carbocycles. The van der Waals surface area contributed by atoms with Gasteiger partial charge in [0.05, 0.1) is 60.8 Å². The minimum Gasteiger partial charge on any atom is -0.493 e. The summed E-state index contributed by atoms with van der Waals surface area (Å²) in [6.45, 7) is 7.58. The van der Waals surface area contributed by atoms with E-state index >= 15 is 0 Å². The Morgan fingerprint density at radius 2 is 0.597 bits per heavy atom. The highest BCUT2D eigenvalue weighted by atomic mass is 16.5. The molecule has 77 heavy (non-hydrogen) atoms. The summed E-state index contributed by atoms with van der Waals surface area (Å²) in [5.74, 6) is -2.16. The van der Waals surface area contributed by atoms with Crippen molar-refractivity contribution in [2.24, 2.45) is 0 Å². The molecule has 22 heteroatoms. The SMILES string of the molecule is CCCC(=O)Nc1ccc(NC(=O)c2cc(OCCCOc3cc(C(=O)Nc4ccc(NC(=O)CCC)cn4)cc(C(=O)Nc4ccc(NC(=O)CCC)cn4)c3)cc(C(=O)Nc3ccc(NC(=O)CCC)cn3)c2)nc1. The van der Waals surface area contributed by atoms with Gasteiger partial charge in [0.1, 0.15) is 34.8 Å². The Morgan fingerprint density at radius 1 is 0.351 bits per heavy atom. The van der Waals surface area contributed by atoms with Crippen molar-refractivity contribution in [2.75, 3.05) is 55.7 Å². The van der Waals surface area contributed by atoms with Crippen LogP contribution in [0.3, 0.4) is 0 Å². The first kappa shape index (κ1) is 56.7. The number of carbonyl (C=O) groups excluding carboxylic acids is 8. The molecule has 0 atom stereocenters. The van der Waals surface area contributed by atoms with Crippen LogP contribution in [0.5, 0.6) is 11.5 Å². The van der Waals surface area contributed by atoms with Gasteiger partial charge in [-0.1, -0.05) is 27.7 Å². The van der Waals surface area contributed by atoms with Crippen LogP contribution in [0.4, 0.5) is 46.0 Å². The maximum Gasteiger partial charge on any atom is 0.256 e. The average molecular weight is 1050 g/mol. The molecule has 0 spiro atoms. The maximum atomic E-state index is 13.7. The highest BCUT2D eigenvalue weighted by Gasteiger charge is 2.19. The van der Waals surface area contributed by atoms with Crippen LogP contribution in [0.15, 0.2) is 110 Å². The van der Waals surface area contributed by atoms with Crippen molar-refractivity contribution in [2.45, 2.75) is 85.5 Å². The third-order valence-corrected chi connectivity index (χ3v) is 10.8. The van der Waals surface area contributed by atoms with Gasteiger partial charge < -0.3 is 52.0 Å². The zero-order valence-electron chi connectivity index (χ0n) is 43.0. The Morgan fingerprint density at radius 3 is 0.805 bits per heavy atom. The molecule has 4 heterocycles. The molecule has 0 bridgehead atoms. The third-order valence-electron chi connectivity index (χ3n) is 10.8. The fourth-order valence-corrected chi connectivity index (χ4v) is 7.05. The summed E-state index contributed by atoms with van der Waals surface area (Å²) >= 11 is 0. The molecule has 0 radical (unpaired) electrons. The van der Waals surface area contributed by atoms with Gasteiger partial charge in [0.15, 0.2) is 0 Å². The van der Waals surface area contributed by atoms with Crippen LogP contribution in [-0.4, -0.2) is 80.4 Å². The number of nitrogens with zero attached hydrogens (tertiary/aromatic N) is 4. The summed E-state index contributed by atoms with van der Waals surface area (Å²) in [4.78, 5) is 120. The Bertz CT molecular complexity index is 2650. The molecule has 0 aliphatic heterocycles. The van der Waals surface area contributed by atoms with Gasteiger partial charge in [-0.25, -0.2) is 19.9 Å². The fourth-order valence-electron chi connectivity index (χ4n) is 7.05. The van der Waals surface area contributed by atoms with Crippen LogP contribution in [0, 0.1) is 0 Å². The predicted molar refractivity (Wildman–Crippen MR) is 291 cm³/mol. The van der Waals surface area contributed by atoms with E-state index in [4.69, 9.17) is 9.47 Å². The van der Waals surface area contributed by atoms with Gasteiger partial charge in [0.2, 0.25) is 23.6 Å². The summed E-state index contributed by atoms with van der Waals surface area (Å²) in [5, 5.41) is 21.8. The molecular formula is C55H60N12O10. The lowest BCUT2D eigenvalue weighted by atomic mass is 10.1. The number of hydrogen-bond donors (Lipinski definition) is 8. The summed E-state index contributed by atoms with van der Waals surface area (Å²) in [6, 6.07) is 21.0. The number of rotatable bonds is 26. The predicted octanol–water partition coefficient (Wildman–Crippen LogP) is 9.08. The molecule has 0 unspecified atom stereocenters. The minimum absolute atomic E-state index is 0.0142. The monoisotopic (exact) mass is 1050 g/mol. The standard InChI is InChI=1S/C55H60N12O10/c1-5-10-48(68)60-38-14-18-44(56-30-38)64-52(72)34-24-35(53(73)65-45-19-15-39(31-57-45)61-49(69)11-6-2)27-42(26-34)76-22-9-23-77-43-28-36(54(74)66-46-20-16-40(32-58-46)62-50(70)12-7-3)25-37(29-43)55(75)67-47-21-17-41(33-59-47)63-51(71)13-8-4/h14-21,24-33H,5-13,22-23H2,1-4H3,(H,60,68)(H,61,69)(H,62,70)(H,63,71)(H,56,64,72)(H,57,65,73)(H,58,66,74)(H,59,67,75). The Hall–Kier alpha value is -9.60. The van der Waals surface area contributed by atoms with Crippen molar-refractivity contribution in [3.63, 3.8) is 0 Å². The van der Waals surface area contributed by atoms with E-state index in [9.17, 15) is 38.4 Å². The van der Waals surface area contributed by atoms with Crippen molar-refractivity contribution >= 4 is 93.3 Å². The second-order valence-electron chi connectivity index (χ2n) is 17.3. The number of benzene rings is 2. The molecule has 2 aromatic carbocycles. The number of amides is 8. The summed E-state index contributed by atoms with van der Waals surface area (Å²) < 4.78 is 12.1.